The molecule has 3 atom stereocenters. The molecular weight excluding hydrogens is 147 g/mol. The lowest BCUT2D eigenvalue weighted by Gasteiger charge is -2.35. The maximum Gasteiger partial charge on any atom is 0.166 e. The van der Waals surface area contributed by atoms with Crippen LogP contribution in [0.4, 0.5) is 4.39 Å². The molecule has 2 rings (SSSR count). The van der Waals surface area contributed by atoms with E-state index in [1.54, 1.807) is 6.92 Å². The maximum atomic E-state index is 13.2. The predicted molar refractivity (Wildman–Crippen MR) is 38.0 cm³/mol. The van der Waals surface area contributed by atoms with Crippen molar-refractivity contribution >= 4 is 0 Å². The first-order chi connectivity index (χ1) is 5.04. The van der Waals surface area contributed by atoms with Gasteiger partial charge in [-0.15, -0.1) is 0 Å². The molecule has 2 aliphatic rings. The van der Waals surface area contributed by atoms with Crippen LogP contribution in [0.15, 0.2) is 0 Å². The zero-order valence-corrected chi connectivity index (χ0v) is 6.89. The van der Waals surface area contributed by atoms with Gasteiger partial charge in [-0.05, 0) is 20.3 Å². The minimum Gasteiger partial charge on any atom is -0.347 e. The summed E-state index contributed by atoms with van der Waals surface area (Å²) in [6, 6.07) is 0. The summed E-state index contributed by atoms with van der Waals surface area (Å²) in [5.41, 5.74) is -0.674. The lowest BCUT2D eigenvalue weighted by molar-refractivity contribution is -0.213. The fourth-order valence-electron chi connectivity index (χ4n) is 1.82. The molecule has 2 aliphatic heterocycles. The van der Waals surface area contributed by atoms with Gasteiger partial charge in [-0.1, -0.05) is 0 Å². The first-order valence-corrected chi connectivity index (χ1v) is 4.02. The Hall–Kier alpha value is -0.150. The van der Waals surface area contributed by atoms with Crippen molar-refractivity contribution in [3.63, 3.8) is 0 Å². The minimum atomic E-state index is -0.863. The Labute approximate surface area is 65.7 Å². The summed E-state index contributed by atoms with van der Waals surface area (Å²) < 4.78 is 24.1. The van der Waals surface area contributed by atoms with Crippen LogP contribution < -0.4 is 0 Å². The van der Waals surface area contributed by atoms with Crippen molar-refractivity contribution in [1.82, 2.24) is 0 Å². The van der Waals surface area contributed by atoms with Crippen LogP contribution in [0, 0.1) is 0 Å². The Kier molecular flexibility index (Phi) is 1.33. The average Bonchev–Trinajstić information content (AvgIpc) is 2.20. The van der Waals surface area contributed by atoms with Crippen molar-refractivity contribution in [3.05, 3.63) is 0 Å². The van der Waals surface area contributed by atoms with Crippen molar-refractivity contribution in [2.24, 2.45) is 0 Å². The highest BCUT2D eigenvalue weighted by Gasteiger charge is 2.53. The second-order valence-corrected chi connectivity index (χ2v) is 3.84. The van der Waals surface area contributed by atoms with Crippen molar-refractivity contribution in [2.75, 3.05) is 6.61 Å². The molecule has 0 aromatic heterocycles. The van der Waals surface area contributed by atoms with Crippen molar-refractivity contribution in [2.45, 2.75) is 44.2 Å². The van der Waals surface area contributed by atoms with Crippen molar-refractivity contribution < 1.29 is 13.9 Å². The van der Waals surface area contributed by atoms with Crippen LogP contribution in [0.25, 0.3) is 0 Å². The number of ether oxygens (including phenoxy) is 2. The number of rotatable bonds is 0. The van der Waals surface area contributed by atoms with Gasteiger partial charge in [-0.2, -0.15) is 0 Å². The third-order valence-electron chi connectivity index (χ3n) is 2.63. The second kappa shape index (κ2) is 1.96. The molecule has 2 fully saturated rings. The molecule has 2 saturated heterocycles. The largest absolute Gasteiger partial charge is 0.347 e. The van der Waals surface area contributed by atoms with E-state index < -0.39 is 17.6 Å². The molecule has 0 saturated carbocycles. The van der Waals surface area contributed by atoms with Crippen LogP contribution >= 0.6 is 0 Å². The van der Waals surface area contributed by atoms with Gasteiger partial charge in [0.2, 0.25) is 0 Å². The Balaban J connectivity index is 2.23. The molecule has 11 heavy (non-hydrogen) atoms. The lowest BCUT2D eigenvalue weighted by Crippen LogP contribution is -2.45. The molecule has 0 aromatic rings. The van der Waals surface area contributed by atoms with Gasteiger partial charge < -0.3 is 9.47 Å². The Morgan fingerprint density at radius 1 is 1.45 bits per heavy atom. The van der Waals surface area contributed by atoms with Crippen LogP contribution in [0.5, 0.6) is 0 Å². The predicted octanol–water partition coefficient (Wildman–Crippen LogP) is 1.64. The third kappa shape index (κ3) is 0.983. The van der Waals surface area contributed by atoms with Crippen molar-refractivity contribution in [1.29, 1.82) is 0 Å². The third-order valence-corrected chi connectivity index (χ3v) is 2.63. The Bertz CT molecular complexity index is 181. The van der Waals surface area contributed by atoms with Crippen LogP contribution in [0.3, 0.4) is 0 Å². The summed E-state index contributed by atoms with van der Waals surface area (Å²) in [6.07, 6.45) is 0.370. The van der Waals surface area contributed by atoms with Crippen molar-refractivity contribution in [3.8, 4) is 0 Å². The summed E-state index contributed by atoms with van der Waals surface area (Å²) in [4.78, 5) is 0. The zero-order chi connectivity index (χ0) is 8.11. The monoisotopic (exact) mass is 160 g/mol. The molecule has 0 spiro atoms. The standard InChI is InChI=1S/C8H13FO2/c1-7-5-10-8(2,11-7)4-3-6(7)9/h6H,3-5H2,1-2H3/t6-,7+,8+/m1/s1. The van der Waals surface area contributed by atoms with E-state index in [1.807, 2.05) is 6.92 Å². The van der Waals surface area contributed by atoms with Gasteiger partial charge in [0.1, 0.15) is 11.8 Å². The SMILES string of the molecule is C[C@]12CC[C@@H](F)[C@](C)(CO1)O2. The van der Waals surface area contributed by atoms with Gasteiger partial charge in [0.25, 0.3) is 0 Å². The summed E-state index contributed by atoms with van der Waals surface area (Å²) in [7, 11) is 0. The highest BCUT2D eigenvalue weighted by atomic mass is 19.1. The fourth-order valence-corrected chi connectivity index (χ4v) is 1.82. The molecule has 0 amide bonds. The summed E-state index contributed by atoms with van der Waals surface area (Å²) in [6.45, 7) is 4.05. The van der Waals surface area contributed by atoms with Gasteiger partial charge in [-0.25, -0.2) is 4.39 Å². The molecule has 0 N–H and O–H groups in total. The molecular formula is C8H13FO2. The molecule has 0 radical (unpaired) electrons. The quantitative estimate of drug-likeness (QED) is 0.536. The first-order valence-electron chi connectivity index (χ1n) is 4.02. The number of halogens is 1. The second-order valence-electron chi connectivity index (χ2n) is 3.84. The highest BCUT2D eigenvalue weighted by molar-refractivity contribution is 4.96. The molecule has 2 nitrogen and oxygen atoms in total. The minimum absolute atomic E-state index is 0.394. The molecule has 0 aromatic carbocycles. The van der Waals surface area contributed by atoms with Crippen LogP contribution in [-0.2, 0) is 9.47 Å². The van der Waals surface area contributed by atoms with Gasteiger partial charge in [0.05, 0.1) is 6.61 Å². The van der Waals surface area contributed by atoms with E-state index in [9.17, 15) is 4.39 Å². The van der Waals surface area contributed by atoms with Crippen LogP contribution in [-0.4, -0.2) is 24.2 Å². The zero-order valence-electron chi connectivity index (χ0n) is 6.89. The number of fused-ring (bicyclic) bond motifs is 2. The molecule has 2 heterocycles. The van der Waals surface area contributed by atoms with Gasteiger partial charge >= 0.3 is 0 Å². The molecule has 0 unspecified atom stereocenters. The lowest BCUT2D eigenvalue weighted by atomic mass is 9.93. The van der Waals surface area contributed by atoms with Gasteiger partial charge in [0, 0.05) is 6.42 Å². The molecule has 2 bridgehead atoms. The topological polar surface area (TPSA) is 18.5 Å². The smallest absolute Gasteiger partial charge is 0.166 e. The Morgan fingerprint density at radius 2 is 2.18 bits per heavy atom. The van der Waals surface area contributed by atoms with E-state index in [2.05, 4.69) is 0 Å². The van der Waals surface area contributed by atoms with E-state index in [1.165, 1.54) is 0 Å². The fraction of sp³-hybridized carbons (Fsp3) is 1.00. The van der Waals surface area contributed by atoms with E-state index in [0.29, 0.717) is 19.4 Å². The molecule has 64 valence electrons. The molecule has 0 aliphatic carbocycles. The van der Waals surface area contributed by atoms with E-state index in [4.69, 9.17) is 9.47 Å². The van der Waals surface area contributed by atoms with E-state index >= 15 is 0 Å². The Morgan fingerprint density at radius 3 is 2.82 bits per heavy atom. The van der Waals surface area contributed by atoms with Gasteiger partial charge in [0.15, 0.2) is 5.79 Å². The summed E-state index contributed by atoms with van der Waals surface area (Å²) in [5.74, 6) is -0.503. The highest BCUT2D eigenvalue weighted by Crippen LogP contribution is 2.43. The number of hydrogen-bond acceptors (Lipinski definition) is 2. The molecule has 3 heteroatoms. The van der Waals surface area contributed by atoms with Crippen LogP contribution in [0.2, 0.25) is 0 Å². The van der Waals surface area contributed by atoms with Crippen LogP contribution in [0.1, 0.15) is 26.7 Å². The normalized spacial score (nSPS) is 56.5. The van der Waals surface area contributed by atoms with E-state index in [-0.39, 0.29) is 0 Å². The first kappa shape index (κ1) is 7.50. The average molecular weight is 160 g/mol. The summed E-state index contributed by atoms with van der Waals surface area (Å²) in [5, 5.41) is 0. The van der Waals surface area contributed by atoms with Gasteiger partial charge in [-0.3, -0.25) is 0 Å². The number of alkyl halides is 1. The summed E-state index contributed by atoms with van der Waals surface area (Å²) >= 11 is 0. The maximum absolute atomic E-state index is 13.2. The number of hydrogen-bond donors (Lipinski definition) is 0. The van der Waals surface area contributed by atoms with E-state index in [0.717, 1.165) is 0 Å².